The average molecular weight is 320 g/mol. The maximum atomic E-state index is 10.2. The first-order valence-electron chi connectivity index (χ1n) is 6.38. The predicted molar refractivity (Wildman–Crippen MR) is 82.0 cm³/mol. The number of benzene rings is 2. The van der Waals surface area contributed by atoms with Crippen molar-refractivity contribution in [2.24, 2.45) is 0 Å². The van der Waals surface area contributed by atoms with E-state index in [4.69, 9.17) is 0 Å². The van der Waals surface area contributed by atoms with E-state index in [1.807, 2.05) is 42.5 Å². The lowest BCUT2D eigenvalue weighted by atomic mass is 10.1. The molecule has 0 spiro atoms. The Morgan fingerprint density at radius 3 is 2.42 bits per heavy atom. The lowest BCUT2D eigenvalue weighted by molar-refractivity contribution is 0.170. The molecule has 0 saturated carbocycles. The molecule has 2 nitrogen and oxygen atoms in total. The molecule has 0 aromatic heterocycles. The van der Waals surface area contributed by atoms with Crippen LogP contribution in [0.4, 0.5) is 0 Å². The van der Waals surface area contributed by atoms with Crippen LogP contribution < -0.4 is 5.32 Å². The third-order valence-electron chi connectivity index (χ3n) is 3.15. The van der Waals surface area contributed by atoms with Gasteiger partial charge in [0.25, 0.3) is 0 Å². The predicted octanol–water partition coefficient (Wildman–Crippen LogP) is 3.83. The molecular formula is C16H18BrNO. The normalized spacial score (nSPS) is 14.1. The molecule has 0 aliphatic rings. The number of nitrogens with one attached hydrogen (secondary N) is 1. The molecule has 2 aromatic rings. The van der Waals surface area contributed by atoms with Gasteiger partial charge in [0, 0.05) is 17.1 Å². The van der Waals surface area contributed by atoms with Gasteiger partial charge in [-0.15, -0.1) is 0 Å². The van der Waals surface area contributed by atoms with E-state index in [1.54, 1.807) is 0 Å². The largest absolute Gasteiger partial charge is 0.387 e. The molecule has 2 rings (SSSR count). The van der Waals surface area contributed by atoms with Gasteiger partial charge in [-0.05, 0) is 30.2 Å². The van der Waals surface area contributed by atoms with E-state index < -0.39 is 6.10 Å². The van der Waals surface area contributed by atoms with E-state index in [1.165, 1.54) is 5.56 Å². The molecule has 100 valence electrons. The van der Waals surface area contributed by atoms with Gasteiger partial charge in [-0.2, -0.15) is 0 Å². The summed E-state index contributed by atoms with van der Waals surface area (Å²) >= 11 is 3.42. The van der Waals surface area contributed by atoms with Crippen molar-refractivity contribution in [1.82, 2.24) is 5.32 Å². The second-order valence-electron chi connectivity index (χ2n) is 4.61. The molecule has 19 heavy (non-hydrogen) atoms. The molecule has 0 heterocycles. The standard InChI is InChI=1S/C16H18BrNO/c1-12(13-6-3-2-4-7-13)18-11-16(19)14-8-5-9-15(17)10-14/h2-10,12,16,18-19H,11H2,1H3. The first-order chi connectivity index (χ1) is 9.16. The Kier molecular flexibility index (Phi) is 5.14. The zero-order valence-electron chi connectivity index (χ0n) is 10.9. The van der Waals surface area contributed by atoms with Gasteiger partial charge in [-0.1, -0.05) is 58.4 Å². The third kappa shape index (κ3) is 4.16. The van der Waals surface area contributed by atoms with Crippen molar-refractivity contribution in [1.29, 1.82) is 0 Å². The molecular weight excluding hydrogens is 302 g/mol. The van der Waals surface area contributed by atoms with Gasteiger partial charge in [-0.3, -0.25) is 0 Å². The van der Waals surface area contributed by atoms with Gasteiger partial charge in [-0.25, -0.2) is 0 Å². The molecule has 0 amide bonds. The summed E-state index contributed by atoms with van der Waals surface area (Å²) in [6, 6.07) is 18.2. The first-order valence-corrected chi connectivity index (χ1v) is 7.18. The highest BCUT2D eigenvalue weighted by atomic mass is 79.9. The monoisotopic (exact) mass is 319 g/mol. The Morgan fingerprint density at radius 2 is 1.74 bits per heavy atom. The Morgan fingerprint density at radius 1 is 1.05 bits per heavy atom. The van der Waals surface area contributed by atoms with Crippen LogP contribution in [-0.4, -0.2) is 11.7 Å². The lowest BCUT2D eigenvalue weighted by Gasteiger charge is -2.18. The summed E-state index contributed by atoms with van der Waals surface area (Å²) < 4.78 is 0.986. The van der Waals surface area contributed by atoms with E-state index >= 15 is 0 Å². The Bertz CT molecular complexity index is 515. The number of aliphatic hydroxyl groups is 1. The first kappa shape index (κ1) is 14.3. The number of halogens is 1. The number of hydrogen-bond donors (Lipinski definition) is 2. The molecule has 3 heteroatoms. The van der Waals surface area contributed by atoms with Crippen LogP contribution in [0.1, 0.15) is 30.2 Å². The Balaban J connectivity index is 1.92. The summed E-state index contributed by atoms with van der Waals surface area (Å²) in [5.41, 5.74) is 2.14. The number of rotatable bonds is 5. The molecule has 0 aliphatic heterocycles. The van der Waals surface area contributed by atoms with Crippen LogP contribution in [0.15, 0.2) is 59.1 Å². The summed E-state index contributed by atoms with van der Waals surface area (Å²) in [5.74, 6) is 0. The molecule has 2 unspecified atom stereocenters. The van der Waals surface area contributed by atoms with E-state index in [-0.39, 0.29) is 6.04 Å². The minimum atomic E-state index is -0.497. The summed E-state index contributed by atoms with van der Waals surface area (Å²) in [6.07, 6.45) is -0.497. The Hall–Kier alpha value is -1.16. The summed E-state index contributed by atoms with van der Waals surface area (Å²) in [5, 5.41) is 13.5. The van der Waals surface area contributed by atoms with Crippen LogP contribution in [0.25, 0.3) is 0 Å². The highest BCUT2D eigenvalue weighted by molar-refractivity contribution is 9.10. The molecule has 2 atom stereocenters. The zero-order valence-corrected chi connectivity index (χ0v) is 12.5. The highest BCUT2D eigenvalue weighted by Gasteiger charge is 2.10. The van der Waals surface area contributed by atoms with Crippen molar-refractivity contribution in [2.75, 3.05) is 6.54 Å². The van der Waals surface area contributed by atoms with E-state index in [0.717, 1.165) is 10.0 Å². The third-order valence-corrected chi connectivity index (χ3v) is 3.64. The fourth-order valence-corrected chi connectivity index (χ4v) is 2.40. The number of aliphatic hydroxyl groups excluding tert-OH is 1. The van der Waals surface area contributed by atoms with Gasteiger partial charge >= 0.3 is 0 Å². The molecule has 2 N–H and O–H groups in total. The number of hydrogen-bond acceptors (Lipinski definition) is 2. The van der Waals surface area contributed by atoms with Gasteiger partial charge in [0.1, 0.15) is 0 Å². The fraction of sp³-hybridized carbons (Fsp3) is 0.250. The summed E-state index contributed by atoms with van der Waals surface area (Å²) in [6.45, 7) is 2.63. The Labute approximate surface area is 122 Å². The minimum Gasteiger partial charge on any atom is -0.387 e. The SMILES string of the molecule is CC(NCC(O)c1cccc(Br)c1)c1ccccc1. The van der Waals surface area contributed by atoms with Crippen molar-refractivity contribution < 1.29 is 5.11 Å². The van der Waals surface area contributed by atoms with Crippen LogP contribution in [0, 0.1) is 0 Å². The van der Waals surface area contributed by atoms with Crippen LogP contribution in [0.2, 0.25) is 0 Å². The zero-order chi connectivity index (χ0) is 13.7. The quantitative estimate of drug-likeness (QED) is 0.877. The second-order valence-corrected chi connectivity index (χ2v) is 5.53. The van der Waals surface area contributed by atoms with Crippen LogP contribution in [-0.2, 0) is 0 Å². The van der Waals surface area contributed by atoms with Crippen molar-refractivity contribution in [3.05, 3.63) is 70.2 Å². The second kappa shape index (κ2) is 6.85. The van der Waals surface area contributed by atoms with E-state index in [0.29, 0.717) is 6.54 Å². The van der Waals surface area contributed by atoms with Crippen molar-refractivity contribution in [2.45, 2.75) is 19.1 Å². The molecule has 2 aromatic carbocycles. The topological polar surface area (TPSA) is 32.3 Å². The van der Waals surface area contributed by atoms with Crippen LogP contribution in [0.5, 0.6) is 0 Å². The van der Waals surface area contributed by atoms with Crippen LogP contribution in [0.3, 0.4) is 0 Å². The van der Waals surface area contributed by atoms with Gasteiger partial charge in [0.15, 0.2) is 0 Å². The lowest BCUT2D eigenvalue weighted by Crippen LogP contribution is -2.24. The van der Waals surface area contributed by atoms with Gasteiger partial charge in [0.2, 0.25) is 0 Å². The van der Waals surface area contributed by atoms with Crippen molar-refractivity contribution in [3.63, 3.8) is 0 Å². The molecule has 0 radical (unpaired) electrons. The van der Waals surface area contributed by atoms with Gasteiger partial charge < -0.3 is 10.4 Å². The summed E-state index contributed by atoms with van der Waals surface area (Å²) in [7, 11) is 0. The van der Waals surface area contributed by atoms with E-state index in [9.17, 15) is 5.11 Å². The van der Waals surface area contributed by atoms with Crippen molar-refractivity contribution in [3.8, 4) is 0 Å². The average Bonchev–Trinajstić information content (AvgIpc) is 2.45. The smallest absolute Gasteiger partial charge is 0.0914 e. The molecule has 0 fully saturated rings. The molecule has 0 aliphatic carbocycles. The maximum absolute atomic E-state index is 10.2. The van der Waals surface area contributed by atoms with Crippen LogP contribution >= 0.6 is 15.9 Å². The fourth-order valence-electron chi connectivity index (χ4n) is 1.98. The highest BCUT2D eigenvalue weighted by Crippen LogP contribution is 2.19. The maximum Gasteiger partial charge on any atom is 0.0914 e. The minimum absolute atomic E-state index is 0.225. The van der Waals surface area contributed by atoms with Crippen molar-refractivity contribution >= 4 is 15.9 Å². The van der Waals surface area contributed by atoms with Gasteiger partial charge in [0.05, 0.1) is 6.10 Å². The molecule has 0 bridgehead atoms. The van der Waals surface area contributed by atoms with E-state index in [2.05, 4.69) is 40.3 Å². The molecule has 0 saturated heterocycles. The summed E-state index contributed by atoms with van der Waals surface area (Å²) in [4.78, 5) is 0.